The van der Waals surface area contributed by atoms with E-state index in [2.05, 4.69) is 28.5 Å². The number of aryl methyl sites for hydroxylation is 1. The number of rotatable bonds is 7. The number of hydrogen-bond acceptors (Lipinski definition) is 3. The van der Waals surface area contributed by atoms with Gasteiger partial charge in [0.1, 0.15) is 0 Å². The molecule has 2 N–H and O–H groups in total. The molecule has 3 heteroatoms. The smallest absolute Gasteiger partial charge is 0.0541 e. The third kappa shape index (κ3) is 4.44. The van der Waals surface area contributed by atoms with Crippen LogP contribution in [-0.4, -0.2) is 23.2 Å². The van der Waals surface area contributed by atoms with Gasteiger partial charge in [0.2, 0.25) is 0 Å². The Labute approximate surface area is 120 Å². The van der Waals surface area contributed by atoms with E-state index >= 15 is 0 Å². The molecule has 0 radical (unpaired) electrons. The molecule has 0 amide bonds. The van der Waals surface area contributed by atoms with Gasteiger partial charge in [-0.3, -0.25) is 4.98 Å². The Morgan fingerprint density at radius 2 is 1.95 bits per heavy atom. The van der Waals surface area contributed by atoms with Gasteiger partial charge >= 0.3 is 0 Å². The van der Waals surface area contributed by atoms with Crippen molar-refractivity contribution in [3.63, 3.8) is 0 Å². The first kappa shape index (κ1) is 14.7. The highest BCUT2D eigenvalue weighted by molar-refractivity contribution is 5.20. The standard InChI is InChI=1S/C17H22N2O/c1-14-7-8-17(19-11-14)13-18-12-16(9-10-20)15-5-3-2-4-6-15/h2-8,11,16,18,20H,9-10,12-13H2,1H3. The van der Waals surface area contributed by atoms with E-state index < -0.39 is 0 Å². The lowest BCUT2D eigenvalue weighted by atomic mass is 9.96. The molecule has 0 fully saturated rings. The van der Waals surface area contributed by atoms with Gasteiger partial charge in [0.05, 0.1) is 5.69 Å². The molecular weight excluding hydrogens is 248 g/mol. The summed E-state index contributed by atoms with van der Waals surface area (Å²) in [5.74, 6) is 0.339. The Morgan fingerprint density at radius 1 is 1.15 bits per heavy atom. The first-order chi connectivity index (χ1) is 9.79. The fraction of sp³-hybridized carbons (Fsp3) is 0.353. The van der Waals surface area contributed by atoms with Crippen LogP contribution in [0.15, 0.2) is 48.7 Å². The Bertz CT molecular complexity index is 496. The lowest BCUT2D eigenvalue weighted by Crippen LogP contribution is -2.22. The topological polar surface area (TPSA) is 45.1 Å². The first-order valence-corrected chi connectivity index (χ1v) is 7.07. The molecular formula is C17H22N2O. The molecule has 1 aromatic carbocycles. The van der Waals surface area contributed by atoms with E-state index in [1.54, 1.807) is 0 Å². The van der Waals surface area contributed by atoms with Crippen LogP contribution in [-0.2, 0) is 6.54 Å². The van der Waals surface area contributed by atoms with Crippen molar-refractivity contribution in [1.82, 2.24) is 10.3 Å². The van der Waals surface area contributed by atoms with Crippen molar-refractivity contribution >= 4 is 0 Å². The second-order valence-corrected chi connectivity index (χ2v) is 5.08. The third-order valence-electron chi connectivity index (χ3n) is 3.42. The Morgan fingerprint density at radius 3 is 2.60 bits per heavy atom. The lowest BCUT2D eigenvalue weighted by Gasteiger charge is -2.17. The van der Waals surface area contributed by atoms with E-state index in [1.807, 2.05) is 37.4 Å². The molecule has 1 atom stereocenters. The van der Waals surface area contributed by atoms with Gasteiger partial charge in [-0.05, 0) is 36.5 Å². The monoisotopic (exact) mass is 270 g/mol. The minimum atomic E-state index is 0.212. The number of aliphatic hydroxyl groups excluding tert-OH is 1. The van der Waals surface area contributed by atoms with E-state index in [4.69, 9.17) is 0 Å². The zero-order valence-electron chi connectivity index (χ0n) is 11.9. The van der Waals surface area contributed by atoms with Crippen molar-refractivity contribution in [1.29, 1.82) is 0 Å². The molecule has 3 nitrogen and oxygen atoms in total. The van der Waals surface area contributed by atoms with E-state index in [0.717, 1.165) is 25.2 Å². The van der Waals surface area contributed by atoms with Crippen LogP contribution in [0.4, 0.5) is 0 Å². The van der Waals surface area contributed by atoms with Crippen molar-refractivity contribution in [2.24, 2.45) is 0 Å². The highest BCUT2D eigenvalue weighted by atomic mass is 16.3. The molecule has 0 bridgehead atoms. The maximum Gasteiger partial charge on any atom is 0.0541 e. The summed E-state index contributed by atoms with van der Waals surface area (Å²) in [7, 11) is 0. The van der Waals surface area contributed by atoms with Crippen molar-refractivity contribution in [3.8, 4) is 0 Å². The van der Waals surface area contributed by atoms with Crippen LogP contribution in [0.1, 0.15) is 29.2 Å². The average molecular weight is 270 g/mol. The highest BCUT2D eigenvalue weighted by Crippen LogP contribution is 2.18. The SMILES string of the molecule is Cc1ccc(CNCC(CCO)c2ccccc2)nc1. The van der Waals surface area contributed by atoms with E-state index in [-0.39, 0.29) is 6.61 Å². The molecule has 0 aliphatic heterocycles. The summed E-state index contributed by atoms with van der Waals surface area (Å²) in [5.41, 5.74) is 3.49. The molecule has 2 aromatic rings. The summed E-state index contributed by atoms with van der Waals surface area (Å²) in [6.07, 6.45) is 2.66. The van der Waals surface area contributed by atoms with Crippen LogP contribution in [0.5, 0.6) is 0 Å². The number of nitrogens with one attached hydrogen (secondary N) is 1. The Balaban J connectivity index is 1.88. The molecule has 0 saturated carbocycles. The zero-order chi connectivity index (χ0) is 14.2. The van der Waals surface area contributed by atoms with Crippen molar-refractivity contribution in [3.05, 3.63) is 65.5 Å². The first-order valence-electron chi connectivity index (χ1n) is 7.07. The summed E-state index contributed by atoms with van der Waals surface area (Å²) in [6, 6.07) is 14.5. The minimum Gasteiger partial charge on any atom is -0.396 e. The second-order valence-electron chi connectivity index (χ2n) is 5.08. The van der Waals surface area contributed by atoms with Crippen LogP contribution in [0, 0.1) is 6.92 Å². The maximum atomic E-state index is 9.20. The summed E-state index contributed by atoms with van der Waals surface area (Å²) >= 11 is 0. The van der Waals surface area contributed by atoms with Crippen LogP contribution in [0.25, 0.3) is 0 Å². The van der Waals surface area contributed by atoms with E-state index in [9.17, 15) is 5.11 Å². The summed E-state index contributed by atoms with van der Waals surface area (Å²) in [4.78, 5) is 4.38. The van der Waals surface area contributed by atoms with Gasteiger partial charge in [-0.1, -0.05) is 36.4 Å². The normalized spacial score (nSPS) is 12.3. The van der Waals surface area contributed by atoms with Crippen LogP contribution in [0.2, 0.25) is 0 Å². The quantitative estimate of drug-likeness (QED) is 0.813. The number of pyridine rings is 1. The van der Waals surface area contributed by atoms with Gasteiger partial charge in [-0.15, -0.1) is 0 Å². The van der Waals surface area contributed by atoms with Crippen molar-refractivity contribution in [2.45, 2.75) is 25.8 Å². The van der Waals surface area contributed by atoms with E-state index in [0.29, 0.717) is 5.92 Å². The molecule has 106 valence electrons. The van der Waals surface area contributed by atoms with Gasteiger partial charge in [0, 0.05) is 25.9 Å². The molecule has 1 aromatic heterocycles. The average Bonchev–Trinajstić information content (AvgIpc) is 2.49. The predicted molar refractivity (Wildman–Crippen MR) is 81.6 cm³/mol. The fourth-order valence-corrected chi connectivity index (χ4v) is 2.25. The largest absolute Gasteiger partial charge is 0.396 e. The van der Waals surface area contributed by atoms with Gasteiger partial charge < -0.3 is 10.4 Å². The molecule has 0 spiro atoms. The molecule has 2 rings (SSSR count). The van der Waals surface area contributed by atoms with Gasteiger partial charge in [0.15, 0.2) is 0 Å². The Kier molecular flexibility index (Phi) is 5.71. The van der Waals surface area contributed by atoms with Gasteiger partial charge in [-0.2, -0.15) is 0 Å². The van der Waals surface area contributed by atoms with Gasteiger partial charge in [0.25, 0.3) is 0 Å². The summed E-state index contributed by atoms with van der Waals surface area (Å²) < 4.78 is 0. The number of benzene rings is 1. The predicted octanol–water partition coefficient (Wildman–Crippen LogP) is 2.65. The number of hydrogen-bond donors (Lipinski definition) is 2. The fourth-order valence-electron chi connectivity index (χ4n) is 2.25. The van der Waals surface area contributed by atoms with E-state index in [1.165, 1.54) is 11.1 Å². The van der Waals surface area contributed by atoms with Crippen molar-refractivity contribution < 1.29 is 5.11 Å². The molecule has 0 aliphatic carbocycles. The number of aromatic nitrogens is 1. The lowest BCUT2D eigenvalue weighted by molar-refractivity contribution is 0.273. The Hall–Kier alpha value is -1.71. The number of aliphatic hydroxyl groups is 1. The van der Waals surface area contributed by atoms with Crippen LogP contribution in [0.3, 0.4) is 0 Å². The molecule has 1 heterocycles. The highest BCUT2D eigenvalue weighted by Gasteiger charge is 2.10. The summed E-state index contributed by atoms with van der Waals surface area (Å²) in [5, 5.41) is 12.6. The minimum absolute atomic E-state index is 0.212. The van der Waals surface area contributed by atoms with Crippen molar-refractivity contribution in [2.75, 3.05) is 13.2 Å². The summed E-state index contributed by atoms with van der Waals surface area (Å²) in [6.45, 7) is 3.86. The third-order valence-corrected chi connectivity index (χ3v) is 3.42. The zero-order valence-corrected chi connectivity index (χ0v) is 11.9. The van der Waals surface area contributed by atoms with Crippen LogP contribution < -0.4 is 5.32 Å². The van der Waals surface area contributed by atoms with Gasteiger partial charge in [-0.25, -0.2) is 0 Å². The molecule has 0 aliphatic rings. The number of nitrogens with zero attached hydrogens (tertiary/aromatic N) is 1. The second kappa shape index (κ2) is 7.78. The maximum absolute atomic E-state index is 9.20. The molecule has 20 heavy (non-hydrogen) atoms. The molecule has 0 saturated heterocycles. The van der Waals surface area contributed by atoms with Crippen LogP contribution >= 0.6 is 0 Å². The molecule has 1 unspecified atom stereocenters.